The van der Waals surface area contributed by atoms with Crippen LogP contribution in [0.2, 0.25) is 0 Å². The quantitative estimate of drug-likeness (QED) is 0.0188. The smallest absolute Gasteiger partial charge is 0.291 e. The van der Waals surface area contributed by atoms with Crippen molar-refractivity contribution in [2.75, 3.05) is 252 Å². The van der Waals surface area contributed by atoms with Crippen LogP contribution < -0.4 is 57.7 Å². The van der Waals surface area contributed by atoms with Gasteiger partial charge in [0.25, 0.3) is 29.5 Å². The standard InChI is InChI=1S/C73H111N17O24/c1-86-17-15-76-66(86)72(97)80-55-48-57(87(2)50-55)69(94)77-14-11-65(93)83-62-53-90(5)68(85-62)73(98)81-56-49-58(88(3)51-56)70(95)78-13-10-64(92)82-61-52-89(4)67(84-61)71(96)79-12-9-63(91)75-16-18-100-21-22-102-25-26-104-29-30-106-31-32-107-33-34-108-35-37-109-39-41-111-43-45-113-59-8-7-54(74)47-60(59)114-46-44-112-42-40-110-38-36-105-28-27-103-24-23-101-20-19-99-6/h7-8,15,17,47-53H,9-14,16,18-46,74H2,1-6H3,(H,75,91)(H,77,94)(H,78,95)(H,79,96)(H,80,97)(H,81,98)(H,82,92)(H,83,93). The molecule has 0 bridgehead atoms. The Balaban J connectivity index is 0.662. The molecule has 6 aromatic rings. The molecule has 0 aliphatic heterocycles. The predicted octanol–water partition coefficient (Wildman–Crippen LogP) is 0.724. The van der Waals surface area contributed by atoms with Crippen LogP contribution in [-0.4, -0.2) is 310 Å². The number of aromatic nitrogens is 8. The number of methoxy groups -OCH3 is 1. The molecule has 0 radical (unpaired) electrons. The topological polar surface area (TPSA) is 470 Å². The van der Waals surface area contributed by atoms with E-state index in [-0.39, 0.29) is 104 Å². The second-order valence-corrected chi connectivity index (χ2v) is 24.7. The Kier molecular flexibility index (Phi) is 45.2. The number of benzene rings is 1. The highest BCUT2D eigenvalue weighted by Gasteiger charge is 2.22. The first-order valence-corrected chi connectivity index (χ1v) is 37.2. The largest absolute Gasteiger partial charge is 0.487 e. The van der Waals surface area contributed by atoms with E-state index in [0.717, 1.165) is 0 Å². The fraction of sp³-hybridized carbons (Fsp3) is 0.575. The van der Waals surface area contributed by atoms with E-state index >= 15 is 0 Å². The van der Waals surface area contributed by atoms with Crippen molar-refractivity contribution in [1.82, 2.24) is 59.1 Å². The number of nitrogens with two attached hydrogens (primary N) is 1. The van der Waals surface area contributed by atoms with Crippen LogP contribution in [0.15, 0.2) is 67.5 Å². The van der Waals surface area contributed by atoms with Gasteiger partial charge in [0, 0.05) is 137 Å². The molecule has 114 heavy (non-hydrogen) atoms. The van der Waals surface area contributed by atoms with Crippen LogP contribution in [0.1, 0.15) is 72.1 Å². The van der Waals surface area contributed by atoms with Gasteiger partial charge in [-0.2, -0.15) is 0 Å². The molecular weight excluding hydrogens is 1500 g/mol. The minimum Gasteiger partial charge on any atom is -0.487 e. The molecule has 0 saturated carbocycles. The number of rotatable bonds is 65. The summed E-state index contributed by atoms with van der Waals surface area (Å²) in [6.45, 7) is 12.2. The average Bonchev–Trinajstić information content (AvgIpc) is 1.69. The summed E-state index contributed by atoms with van der Waals surface area (Å²) in [5.74, 6) is -2.57. The van der Waals surface area contributed by atoms with Gasteiger partial charge in [0.1, 0.15) is 24.6 Å². The second-order valence-electron chi connectivity index (χ2n) is 24.7. The van der Waals surface area contributed by atoms with Crippen molar-refractivity contribution in [2.24, 2.45) is 35.2 Å². The van der Waals surface area contributed by atoms with Gasteiger partial charge in [-0.05, 0) is 24.3 Å². The lowest BCUT2D eigenvalue weighted by molar-refractivity contribution is -0.121. The van der Waals surface area contributed by atoms with Gasteiger partial charge < -0.3 is 147 Å². The Morgan fingerprint density at radius 1 is 0.342 bits per heavy atom. The number of nitrogen functional groups attached to an aromatic ring is 1. The first-order chi connectivity index (χ1) is 55.4. The fourth-order valence-electron chi connectivity index (χ4n) is 9.98. The molecule has 41 heteroatoms. The molecule has 0 fully saturated rings. The third-order valence-electron chi connectivity index (χ3n) is 15.7. The van der Waals surface area contributed by atoms with Gasteiger partial charge in [0.2, 0.25) is 29.4 Å². The first-order valence-electron chi connectivity index (χ1n) is 37.2. The summed E-state index contributed by atoms with van der Waals surface area (Å²) in [6, 6.07) is 8.13. The van der Waals surface area contributed by atoms with Gasteiger partial charge >= 0.3 is 0 Å². The highest BCUT2D eigenvalue weighted by molar-refractivity contribution is 6.05. The molecule has 10 N–H and O–H groups in total. The normalized spacial score (nSPS) is 11.2. The number of nitrogens with zero attached hydrogens (tertiary/aromatic N) is 8. The van der Waals surface area contributed by atoms with E-state index in [0.29, 0.717) is 208 Å². The molecule has 632 valence electrons. The molecule has 5 heterocycles. The molecular formula is C73H111N17O24. The molecule has 0 saturated heterocycles. The maximum atomic E-state index is 13.3. The second kappa shape index (κ2) is 55.5. The predicted molar refractivity (Wildman–Crippen MR) is 412 cm³/mol. The lowest BCUT2D eigenvalue weighted by atomic mass is 10.3. The molecule has 0 spiro atoms. The molecule has 0 atom stereocenters. The minimum atomic E-state index is -0.640. The highest BCUT2D eigenvalue weighted by atomic mass is 16.6. The SMILES string of the molecule is COCCOCCOCCOCCOCCOCCOc1cc(N)ccc1OCCOCCOCCOCCOCCOCCOCCOCCOCCNC(=O)CCNC(=O)c1nc(NC(=O)CCNC(=O)c2cc(NC(=O)c3nc(NC(=O)CCNC(=O)c4cc(NC(=O)c5nccn5C)cn4C)cn3C)cn2C)cn1C. The van der Waals surface area contributed by atoms with Gasteiger partial charge in [-0.25, -0.2) is 15.0 Å². The first kappa shape index (κ1) is 92.9. The molecule has 5 aromatic heterocycles. The van der Waals surface area contributed by atoms with Crippen LogP contribution in [0.25, 0.3) is 0 Å². The van der Waals surface area contributed by atoms with E-state index < -0.39 is 41.4 Å². The Bertz CT molecular complexity index is 3820. The van der Waals surface area contributed by atoms with Crippen molar-refractivity contribution < 1.29 is 114 Å². The van der Waals surface area contributed by atoms with Crippen LogP contribution in [0, 0.1) is 0 Å². The zero-order chi connectivity index (χ0) is 81.8. The summed E-state index contributed by atoms with van der Waals surface area (Å²) in [7, 11) is 9.67. The van der Waals surface area contributed by atoms with Crippen molar-refractivity contribution in [2.45, 2.75) is 19.3 Å². The molecule has 0 unspecified atom stereocenters. The molecule has 6 rings (SSSR count). The van der Waals surface area contributed by atoms with Gasteiger partial charge in [-0.15, -0.1) is 0 Å². The van der Waals surface area contributed by atoms with Crippen molar-refractivity contribution in [3.8, 4) is 11.5 Å². The number of nitrogens with one attached hydrogen (secondary N) is 8. The Hall–Kier alpha value is -9.99. The summed E-state index contributed by atoms with van der Waals surface area (Å²) in [5, 5.41) is 21.3. The summed E-state index contributed by atoms with van der Waals surface area (Å²) in [5.41, 5.74) is 7.58. The van der Waals surface area contributed by atoms with E-state index in [1.54, 1.807) is 77.5 Å². The number of aryl methyl sites for hydroxylation is 5. The summed E-state index contributed by atoms with van der Waals surface area (Å²) < 4.78 is 95.9. The fourth-order valence-corrected chi connectivity index (χ4v) is 9.98. The van der Waals surface area contributed by atoms with Crippen LogP contribution >= 0.6 is 0 Å². The van der Waals surface area contributed by atoms with Crippen LogP contribution in [0.3, 0.4) is 0 Å². The molecule has 0 aliphatic rings. The number of imidazole rings is 3. The molecule has 1 aromatic carbocycles. The van der Waals surface area contributed by atoms with Crippen LogP contribution in [-0.2, 0) is 116 Å². The Morgan fingerprint density at radius 3 is 1.09 bits per heavy atom. The van der Waals surface area contributed by atoms with Crippen molar-refractivity contribution in [3.63, 3.8) is 0 Å². The molecule has 0 aliphatic carbocycles. The number of carbonyl (C=O) groups is 8. The zero-order valence-electron chi connectivity index (χ0n) is 65.8. The van der Waals surface area contributed by atoms with Crippen LogP contribution in [0.5, 0.6) is 11.5 Å². The van der Waals surface area contributed by atoms with Crippen LogP contribution in [0.4, 0.5) is 28.7 Å². The van der Waals surface area contributed by atoms with Crippen molar-refractivity contribution >= 4 is 76.0 Å². The number of anilines is 5. The average molecular weight is 1610 g/mol. The van der Waals surface area contributed by atoms with Gasteiger partial charge in [0.15, 0.2) is 29.0 Å². The Labute approximate surface area is 661 Å². The van der Waals surface area contributed by atoms with Gasteiger partial charge in [0.05, 0.1) is 190 Å². The maximum absolute atomic E-state index is 13.3. The highest BCUT2D eigenvalue weighted by Crippen LogP contribution is 2.29. The van der Waals surface area contributed by atoms with E-state index in [2.05, 4.69) is 57.5 Å². The van der Waals surface area contributed by atoms with E-state index in [9.17, 15) is 38.4 Å². The lowest BCUT2D eigenvalue weighted by Crippen LogP contribution is -2.33. The maximum Gasteiger partial charge on any atom is 0.291 e. The van der Waals surface area contributed by atoms with Gasteiger partial charge in [-0.1, -0.05) is 0 Å². The number of carbonyl (C=O) groups excluding carboxylic acids is 8. The number of ether oxygens (including phenoxy) is 16. The number of hydrogen-bond donors (Lipinski definition) is 9. The van der Waals surface area contributed by atoms with E-state index in [4.69, 9.17) is 81.5 Å². The third-order valence-corrected chi connectivity index (χ3v) is 15.7. The van der Waals surface area contributed by atoms with Gasteiger partial charge in [-0.3, -0.25) is 38.4 Å². The van der Waals surface area contributed by atoms with E-state index in [1.165, 1.54) is 55.2 Å². The van der Waals surface area contributed by atoms with Crippen molar-refractivity contribution in [1.29, 1.82) is 0 Å². The Morgan fingerprint density at radius 2 is 0.693 bits per heavy atom. The lowest BCUT2D eigenvalue weighted by Gasteiger charge is -2.14. The van der Waals surface area contributed by atoms with E-state index in [1.807, 2.05) is 0 Å². The van der Waals surface area contributed by atoms with Crippen molar-refractivity contribution in [3.05, 3.63) is 96.4 Å². The third kappa shape index (κ3) is 37.8. The number of hydrogen-bond acceptors (Lipinski definition) is 28. The monoisotopic (exact) mass is 1610 g/mol. The number of amides is 8. The minimum absolute atomic E-state index is 0.00474. The zero-order valence-corrected chi connectivity index (χ0v) is 65.8. The molecule has 41 nitrogen and oxygen atoms in total. The summed E-state index contributed by atoms with van der Waals surface area (Å²) >= 11 is 0. The summed E-state index contributed by atoms with van der Waals surface area (Å²) in [6.07, 6.45) is 8.82. The summed E-state index contributed by atoms with van der Waals surface area (Å²) in [4.78, 5) is 115. The molecule has 8 amide bonds.